The molecule has 5 aromatic rings. The van der Waals surface area contributed by atoms with E-state index in [2.05, 4.69) is 20.1 Å². The van der Waals surface area contributed by atoms with Gasteiger partial charge in [-0.15, -0.1) is 0 Å². The number of rotatable bonds is 4. The van der Waals surface area contributed by atoms with Crippen molar-refractivity contribution in [1.82, 2.24) is 29.5 Å². The molecular weight excluding hydrogens is 431 g/mol. The number of H-pyrrole nitrogens is 1. The number of nitrogens with two attached hydrogens (primary N) is 1. The molecule has 1 saturated carbocycles. The van der Waals surface area contributed by atoms with Gasteiger partial charge in [-0.05, 0) is 42.0 Å². The molecule has 3 atom stereocenters. The first kappa shape index (κ1) is 19.6. The fourth-order valence-electron chi connectivity index (χ4n) is 6.10. The van der Waals surface area contributed by atoms with Crippen molar-refractivity contribution in [1.29, 1.82) is 0 Å². The number of fused-ring (bicyclic) bond motifs is 3. The lowest BCUT2D eigenvalue weighted by molar-refractivity contribution is 0.533. The Balaban J connectivity index is 1.20. The minimum atomic E-state index is -0.289. The lowest BCUT2D eigenvalue weighted by Gasteiger charge is -2.26. The van der Waals surface area contributed by atoms with E-state index in [0.29, 0.717) is 29.5 Å². The third kappa shape index (κ3) is 2.61. The van der Waals surface area contributed by atoms with Gasteiger partial charge in [-0.3, -0.25) is 9.50 Å². The van der Waals surface area contributed by atoms with Gasteiger partial charge in [0.25, 0.3) is 0 Å². The molecule has 3 N–H and O–H groups in total. The van der Waals surface area contributed by atoms with Gasteiger partial charge >= 0.3 is 0 Å². The summed E-state index contributed by atoms with van der Waals surface area (Å²) in [5.74, 6) is 1.34. The van der Waals surface area contributed by atoms with E-state index >= 15 is 0 Å². The van der Waals surface area contributed by atoms with E-state index in [-0.39, 0.29) is 11.2 Å². The van der Waals surface area contributed by atoms with Crippen LogP contribution in [0.5, 0.6) is 0 Å². The van der Waals surface area contributed by atoms with Crippen LogP contribution in [0.1, 0.15) is 12.0 Å². The molecular formula is C25H23FN8. The molecule has 34 heavy (non-hydrogen) atoms. The zero-order chi connectivity index (χ0) is 22.9. The molecule has 170 valence electrons. The summed E-state index contributed by atoms with van der Waals surface area (Å²) < 4.78 is 16.6. The number of nitrogens with zero attached hydrogens (tertiary/aromatic N) is 6. The number of hydrogen-bond acceptors (Lipinski definition) is 6. The van der Waals surface area contributed by atoms with Crippen molar-refractivity contribution in [2.24, 2.45) is 17.6 Å². The molecule has 0 spiro atoms. The van der Waals surface area contributed by atoms with Crippen LogP contribution in [-0.2, 0) is 5.41 Å². The summed E-state index contributed by atoms with van der Waals surface area (Å²) in [5, 5.41) is 7.57. The van der Waals surface area contributed by atoms with Gasteiger partial charge in [-0.1, -0.05) is 24.3 Å². The fraction of sp³-hybridized carbons (Fsp3) is 0.280. The largest absolute Gasteiger partial charge is 0.355 e. The number of piperidine rings is 1. The molecule has 2 fully saturated rings. The highest BCUT2D eigenvalue weighted by Crippen LogP contribution is 2.63. The van der Waals surface area contributed by atoms with E-state index in [1.165, 1.54) is 6.07 Å². The maximum atomic E-state index is 14.7. The van der Waals surface area contributed by atoms with E-state index in [4.69, 9.17) is 15.7 Å². The molecule has 9 heteroatoms. The summed E-state index contributed by atoms with van der Waals surface area (Å²) in [6.07, 6.45) is 6.44. The normalized spacial score (nSPS) is 24.0. The Kier molecular flexibility index (Phi) is 4.08. The van der Waals surface area contributed by atoms with Crippen LogP contribution in [0.4, 0.5) is 10.2 Å². The second kappa shape index (κ2) is 7.07. The highest BCUT2D eigenvalue weighted by molar-refractivity contribution is 5.87. The quantitative estimate of drug-likeness (QED) is 0.433. The maximum Gasteiger partial charge on any atom is 0.177 e. The predicted octanol–water partition coefficient (Wildman–Crippen LogP) is 3.16. The lowest BCUT2D eigenvalue weighted by atomic mass is 9.91. The van der Waals surface area contributed by atoms with E-state index in [1.807, 2.05) is 47.1 Å². The molecule has 1 aromatic carbocycles. The van der Waals surface area contributed by atoms with Gasteiger partial charge in [0.05, 0.1) is 11.9 Å². The Morgan fingerprint density at radius 2 is 2.03 bits per heavy atom. The molecule has 7 rings (SSSR count). The first-order valence-corrected chi connectivity index (χ1v) is 11.5. The molecule has 0 amide bonds. The van der Waals surface area contributed by atoms with Crippen LogP contribution in [0.2, 0.25) is 0 Å². The van der Waals surface area contributed by atoms with Crippen LogP contribution in [0, 0.1) is 17.7 Å². The smallest absolute Gasteiger partial charge is 0.177 e. The molecule has 4 aromatic heterocycles. The second-order valence-electron chi connectivity index (χ2n) is 9.24. The summed E-state index contributed by atoms with van der Waals surface area (Å²) in [6, 6.07) is 13.0. The minimum absolute atomic E-state index is 0.159. The Bertz CT molecular complexity index is 1540. The second-order valence-corrected chi connectivity index (χ2v) is 9.24. The van der Waals surface area contributed by atoms with Gasteiger partial charge < -0.3 is 10.6 Å². The summed E-state index contributed by atoms with van der Waals surface area (Å²) in [6.45, 7) is 2.07. The average Bonchev–Trinajstić information content (AvgIpc) is 3.18. The van der Waals surface area contributed by atoms with Crippen LogP contribution in [-0.4, -0.2) is 49.2 Å². The monoisotopic (exact) mass is 454 g/mol. The molecule has 0 radical (unpaired) electrons. The van der Waals surface area contributed by atoms with Crippen molar-refractivity contribution in [3.05, 3.63) is 72.4 Å². The van der Waals surface area contributed by atoms with Crippen molar-refractivity contribution >= 4 is 22.6 Å². The van der Waals surface area contributed by atoms with Crippen molar-refractivity contribution < 1.29 is 4.39 Å². The zero-order valence-electron chi connectivity index (χ0n) is 18.4. The third-order valence-corrected chi connectivity index (χ3v) is 7.79. The van der Waals surface area contributed by atoms with Gasteiger partial charge in [-0.2, -0.15) is 5.10 Å². The predicted molar refractivity (Wildman–Crippen MR) is 127 cm³/mol. The van der Waals surface area contributed by atoms with E-state index in [0.717, 1.165) is 47.9 Å². The number of pyridine rings is 1. The van der Waals surface area contributed by atoms with Gasteiger partial charge in [0.2, 0.25) is 0 Å². The molecule has 5 heterocycles. The highest BCUT2D eigenvalue weighted by Gasteiger charge is 2.66. The Morgan fingerprint density at radius 1 is 1.12 bits per heavy atom. The highest BCUT2D eigenvalue weighted by atomic mass is 19.1. The number of benzene rings is 1. The van der Waals surface area contributed by atoms with Crippen LogP contribution < -0.4 is 10.6 Å². The topological polar surface area (TPSA) is 101 Å². The van der Waals surface area contributed by atoms with E-state index < -0.39 is 0 Å². The SMILES string of the molecule is NC[C@]1(c2ccccc2F)[C@@H]2CCN(c3cnc4c(-c5cccc6nccn56)n[nH]c4n3)C[C@@H]21. The van der Waals surface area contributed by atoms with Crippen molar-refractivity contribution in [3.63, 3.8) is 0 Å². The van der Waals surface area contributed by atoms with Crippen LogP contribution in [0.15, 0.2) is 61.1 Å². The molecule has 1 aliphatic carbocycles. The molecule has 8 nitrogen and oxygen atoms in total. The average molecular weight is 455 g/mol. The number of halogens is 1. The summed E-state index contributed by atoms with van der Waals surface area (Å²) in [5.41, 5.74) is 10.6. The zero-order valence-corrected chi connectivity index (χ0v) is 18.4. The maximum absolute atomic E-state index is 14.7. The summed E-state index contributed by atoms with van der Waals surface area (Å²) >= 11 is 0. The van der Waals surface area contributed by atoms with Gasteiger partial charge in [0.15, 0.2) is 5.65 Å². The van der Waals surface area contributed by atoms with Crippen molar-refractivity contribution in [2.75, 3.05) is 24.5 Å². The number of aromatic nitrogens is 6. The summed E-state index contributed by atoms with van der Waals surface area (Å²) in [4.78, 5) is 16.2. The van der Waals surface area contributed by atoms with Crippen LogP contribution in [0.3, 0.4) is 0 Å². The van der Waals surface area contributed by atoms with Crippen molar-refractivity contribution in [2.45, 2.75) is 11.8 Å². The Hall–Kier alpha value is -3.85. The molecule has 0 unspecified atom stereocenters. The molecule has 0 bridgehead atoms. The van der Waals surface area contributed by atoms with Gasteiger partial charge in [-0.25, -0.2) is 19.3 Å². The Morgan fingerprint density at radius 3 is 2.91 bits per heavy atom. The van der Waals surface area contributed by atoms with E-state index in [1.54, 1.807) is 12.3 Å². The third-order valence-electron chi connectivity index (χ3n) is 7.79. The molecule has 1 aliphatic heterocycles. The molecule has 2 aliphatic rings. The summed E-state index contributed by atoms with van der Waals surface area (Å²) in [7, 11) is 0. The van der Waals surface area contributed by atoms with Crippen LogP contribution >= 0.6 is 0 Å². The number of hydrogen-bond donors (Lipinski definition) is 2. The van der Waals surface area contributed by atoms with Gasteiger partial charge in [0.1, 0.15) is 28.5 Å². The first-order chi connectivity index (χ1) is 16.7. The Labute approximate surface area is 194 Å². The fourth-order valence-corrected chi connectivity index (χ4v) is 6.10. The standard InChI is InChI=1S/C25H23FN8/c26-18-5-2-1-4-16(18)25(14-27)15-8-10-33(13-17(15)25)21-12-29-23-22(31-32-24(23)30-21)19-6-3-7-20-28-9-11-34(19)20/h1-7,9,11-12,15,17H,8,10,13-14,27H2,(H,30,31,32)/t15-,17+,25-/m1/s1. The van der Waals surface area contributed by atoms with Gasteiger partial charge in [0, 0.05) is 37.4 Å². The minimum Gasteiger partial charge on any atom is -0.355 e. The number of anilines is 1. The molecule has 1 saturated heterocycles. The number of imidazole rings is 1. The number of aromatic amines is 1. The number of nitrogens with one attached hydrogen (secondary N) is 1. The van der Waals surface area contributed by atoms with E-state index in [9.17, 15) is 4.39 Å². The lowest BCUT2D eigenvalue weighted by Crippen LogP contribution is -2.32. The first-order valence-electron chi connectivity index (χ1n) is 11.5. The van der Waals surface area contributed by atoms with Crippen LogP contribution in [0.25, 0.3) is 28.2 Å². The van der Waals surface area contributed by atoms with Crippen molar-refractivity contribution in [3.8, 4) is 11.4 Å².